The summed E-state index contributed by atoms with van der Waals surface area (Å²) in [5.74, 6) is 0.705. The van der Waals surface area contributed by atoms with Crippen LogP contribution in [0.3, 0.4) is 0 Å². The van der Waals surface area contributed by atoms with Crippen LogP contribution in [0.15, 0.2) is 48.8 Å². The maximum atomic E-state index is 13.2. The van der Waals surface area contributed by atoms with E-state index < -0.39 is 0 Å². The number of hydrogen-bond donors (Lipinski definition) is 2. The Labute approximate surface area is 189 Å². The second-order valence-corrected chi connectivity index (χ2v) is 8.43. The van der Waals surface area contributed by atoms with E-state index in [0.29, 0.717) is 0 Å². The number of methoxy groups -OCH3 is 1. The number of carbonyl (C=O) groups excluding carboxylic acids is 1. The number of H-pyrrole nitrogens is 1. The summed E-state index contributed by atoms with van der Waals surface area (Å²) in [5, 5.41) is 10.1. The van der Waals surface area contributed by atoms with Crippen molar-refractivity contribution < 1.29 is 9.53 Å². The maximum Gasteiger partial charge on any atom is 0.252 e. The summed E-state index contributed by atoms with van der Waals surface area (Å²) >= 11 is 0. The number of nitrogens with zero attached hydrogens (tertiary/aromatic N) is 3. The van der Waals surface area contributed by atoms with Crippen molar-refractivity contribution in [1.82, 2.24) is 20.4 Å². The normalized spacial score (nSPS) is 15.4. The highest BCUT2D eigenvalue weighted by atomic mass is 16.5. The highest BCUT2D eigenvalue weighted by Crippen LogP contribution is 2.32. The summed E-state index contributed by atoms with van der Waals surface area (Å²) in [6.45, 7) is 7.99. The highest BCUT2D eigenvalue weighted by molar-refractivity contribution is 5.97. The lowest BCUT2D eigenvalue weighted by Crippen LogP contribution is -2.44. The van der Waals surface area contributed by atoms with E-state index in [1.807, 2.05) is 50.4 Å². The molecular weight excluding hydrogens is 402 g/mol. The zero-order valence-electron chi connectivity index (χ0n) is 19.2. The topological polar surface area (TPSA) is 73.5 Å². The Morgan fingerprint density at radius 3 is 2.62 bits per heavy atom. The van der Waals surface area contributed by atoms with Crippen molar-refractivity contribution in [1.29, 1.82) is 0 Å². The number of carbonyl (C=O) groups is 1. The molecule has 2 heterocycles. The molecule has 2 N–H and O–H groups in total. The van der Waals surface area contributed by atoms with E-state index in [0.717, 1.165) is 65.4 Å². The molecule has 0 spiro atoms. The van der Waals surface area contributed by atoms with Gasteiger partial charge in [-0.15, -0.1) is 0 Å². The number of hydrogen-bond acceptors (Lipinski definition) is 5. The van der Waals surface area contributed by atoms with Crippen LogP contribution in [0.4, 0.5) is 5.69 Å². The van der Waals surface area contributed by atoms with Gasteiger partial charge in [-0.25, -0.2) is 0 Å². The van der Waals surface area contributed by atoms with Gasteiger partial charge < -0.3 is 19.9 Å². The Hall–Kier alpha value is -3.32. The number of ether oxygens (including phenoxy) is 1. The smallest absolute Gasteiger partial charge is 0.252 e. The third-order valence-electron chi connectivity index (χ3n) is 6.21. The van der Waals surface area contributed by atoms with Gasteiger partial charge in [0.25, 0.3) is 5.91 Å². The van der Waals surface area contributed by atoms with Gasteiger partial charge in [-0.3, -0.25) is 9.89 Å². The molecule has 1 aliphatic heterocycles. The lowest BCUT2D eigenvalue weighted by Gasteiger charge is -2.34. The molecule has 7 nitrogen and oxygen atoms in total. The fraction of sp³-hybridized carbons (Fsp3) is 0.360. The van der Waals surface area contributed by atoms with Gasteiger partial charge in [0.15, 0.2) is 0 Å². The number of amides is 1. The van der Waals surface area contributed by atoms with E-state index in [1.165, 1.54) is 0 Å². The van der Waals surface area contributed by atoms with Gasteiger partial charge in [-0.05, 0) is 56.3 Å². The lowest BCUT2D eigenvalue weighted by molar-refractivity contribution is 0.0939. The van der Waals surface area contributed by atoms with Gasteiger partial charge in [-0.1, -0.05) is 12.1 Å². The van der Waals surface area contributed by atoms with Crippen LogP contribution in [0.5, 0.6) is 5.75 Å². The van der Waals surface area contributed by atoms with Crippen LogP contribution in [0, 0.1) is 6.92 Å². The second kappa shape index (κ2) is 9.44. The Balaban J connectivity index is 1.53. The minimum Gasteiger partial charge on any atom is -0.496 e. The number of nitrogens with one attached hydrogen (secondary N) is 2. The van der Waals surface area contributed by atoms with Crippen molar-refractivity contribution >= 4 is 11.6 Å². The molecule has 1 aliphatic rings. The lowest BCUT2D eigenvalue weighted by atomic mass is 10.00. The quantitative estimate of drug-likeness (QED) is 0.621. The molecule has 1 aromatic heterocycles. The molecule has 0 aliphatic carbocycles. The predicted molar refractivity (Wildman–Crippen MR) is 127 cm³/mol. The molecule has 0 radical (unpaired) electrons. The first-order valence-electron chi connectivity index (χ1n) is 11.0. The van der Waals surface area contributed by atoms with Crippen LogP contribution < -0.4 is 15.0 Å². The summed E-state index contributed by atoms with van der Waals surface area (Å²) in [7, 11) is 3.80. The number of benzene rings is 2. The van der Waals surface area contributed by atoms with Gasteiger partial charge in [0.2, 0.25) is 0 Å². The number of aromatic amines is 1. The number of aryl methyl sites for hydroxylation is 1. The number of likely N-dealkylation sites (N-methyl/N-ethyl adjacent to an activating group) is 1. The van der Waals surface area contributed by atoms with Crippen molar-refractivity contribution in [3.63, 3.8) is 0 Å². The van der Waals surface area contributed by atoms with Gasteiger partial charge in [0.05, 0.1) is 19.3 Å². The maximum absolute atomic E-state index is 13.2. The van der Waals surface area contributed by atoms with Crippen molar-refractivity contribution in [2.75, 3.05) is 45.2 Å². The highest BCUT2D eigenvalue weighted by Gasteiger charge is 2.19. The molecule has 1 atom stereocenters. The molecule has 0 saturated carbocycles. The first-order chi connectivity index (χ1) is 15.5. The Morgan fingerprint density at radius 1 is 1.16 bits per heavy atom. The molecule has 1 fully saturated rings. The molecule has 0 bridgehead atoms. The van der Waals surface area contributed by atoms with Gasteiger partial charge in [0.1, 0.15) is 5.75 Å². The van der Waals surface area contributed by atoms with Crippen molar-refractivity contribution in [3.05, 3.63) is 65.5 Å². The molecule has 0 unspecified atom stereocenters. The standard InChI is InChI=1S/C25H31N5O2/c1-17-5-7-21(30-11-9-29(3)10-12-30)14-22(17)25(31)28-18(2)19-6-8-24(32-4)23(13-19)20-15-26-27-16-20/h5-8,13-16,18H,9-12H2,1-4H3,(H,26,27)(H,28,31)/t18-/m1/s1. The van der Waals surface area contributed by atoms with Gasteiger partial charge in [-0.2, -0.15) is 5.10 Å². The Morgan fingerprint density at radius 2 is 1.94 bits per heavy atom. The molecule has 7 heteroatoms. The first kappa shape index (κ1) is 21.9. The minimum absolute atomic E-state index is 0.0633. The van der Waals surface area contributed by atoms with Gasteiger partial charge >= 0.3 is 0 Å². The summed E-state index contributed by atoms with van der Waals surface area (Å²) in [6, 6.07) is 12.0. The summed E-state index contributed by atoms with van der Waals surface area (Å²) < 4.78 is 5.51. The van der Waals surface area contributed by atoms with E-state index >= 15 is 0 Å². The molecule has 1 amide bonds. The Bertz CT molecular complexity index is 1070. The average Bonchev–Trinajstić information content (AvgIpc) is 3.34. The van der Waals surface area contributed by atoms with Crippen molar-refractivity contribution in [2.24, 2.45) is 0 Å². The zero-order chi connectivity index (χ0) is 22.7. The molecule has 32 heavy (non-hydrogen) atoms. The van der Waals surface area contributed by atoms with E-state index in [1.54, 1.807) is 13.3 Å². The molecule has 3 aromatic rings. The zero-order valence-corrected chi connectivity index (χ0v) is 19.2. The molecule has 1 saturated heterocycles. The molecule has 168 valence electrons. The molecule has 2 aromatic carbocycles. The third-order valence-corrected chi connectivity index (χ3v) is 6.21. The summed E-state index contributed by atoms with van der Waals surface area (Å²) in [4.78, 5) is 17.9. The number of aromatic nitrogens is 2. The number of piperazine rings is 1. The number of rotatable bonds is 6. The molecule has 4 rings (SSSR count). The van der Waals surface area contributed by atoms with Crippen LogP contribution in [0.2, 0.25) is 0 Å². The van der Waals surface area contributed by atoms with Crippen molar-refractivity contribution in [2.45, 2.75) is 19.9 Å². The molecular formula is C25H31N5O2. The second-order valence-electron chi connectivity index (χ2n) is 8.43. The number of anilines is 1. The summed E-state index contributed by atoms with van der Waals surface area (Å²) in [6.07, 6.45) is 3.59. The fourth-order valence-corrected chi connectivity index (χ4v) is 4.09. The fourth-order valence-electron chi connectivity index (χ4n) is 4.09. The van der Waals surface area contributed by atoms with Crippen LogP contribution >= 0.6 is 0 Å². The SMILES string of the molecule is COc1ccc([C@@H](C)NC(=O)c2cc(N3CCN(C)CC3)ccc2C)cc1-c1cn[nH]c1. The average molecular weight is 434 g/mol. The van der Waals surface area contributed by atoms with Crippen LogP contribution in [0.25, 0.3) is 11.1 Å². The van der Waals surface area contributed by atoms with E-state index in [-0.39, 0.29) is 11.9 Å². The van der Waals surface area contributed by atoms with Crippen LogP contribution in [0.1, 0.15) is 34.5 Å². The monoisotopic (exact) mass is 433 g/mol. The third kappa shape index (κ3) is 4.62. The summed E-state index contributed by atoms with van der Waals surface area (Å²) in [5.41, 5.74) is 5.68. The van der Waals surface area contributed by atoms with E-state index in [2.05, 4.69) is 38.4 Å². The van der Waals surface area contributed by atoms with E-state index in [4.69, 9.17) is 4.74 Å². The van der Waals surface area contributed by atoms with E-state index in [9.17, 15) is 4.79 Å². The Kier molecular flexibility index (Phi) is 6.46. The first-order valence-corrected chi connectivity index (χ1v) is 11.0. The minimum atomic E-state index is -0.161. The predicted octanol–water partition coefficient (Wildman–Crippen LogP) is 3.64. The van der Waals surface area contributed by atoms with Crippen LogP contribution in [-0.4, -0.2) is 61.3 Å². The van der Waals surface area contributed by atoms with Gasteiger partial charge in [0, 0.05) is 54.8 Å². The largest absolute Gasteiger partial charge is 0.496 e. The van der Waals surface area contributed by atoms with Crippen molar-refractivity contribution in [3.8, 4) is 16.9 Å². The van der Waals surface area contributed by atoms with Crippen LogP contribution in [-0.2, 0) is 0 Å².